The van der Waals surface area contributed by atoms with Crippen LogP contribution in [0.15, 0.2) is 0 Å². The van der Waals surface area contributed by atoms with Crippen LogP contribution in [0, 0.1) is 0 Å². The van der Waals surface area contributed by atoms with Crippen LogP contribution in [0.1, 0.15) is 33.6 Å². The van der Waals surface area contributed by atoms with Gasteiger partial charge < -0.3 is 5.32 Å². The van der Waals surface area contributed by atoms with Gasteiger partial charge in [-0.3, -0.25) is 4.90 Å². The number of likely N-dealkylation sites (N-methyl/N-ethyl adjacent to an activating group) is 1. The Labute approximate surface area is 76.3 Å². The predicted molar refractivity (Wildman–Crippen MR) is 53.4 cm³/mol. The fraction of sp³-hybridized carbons (Fsp3) is 1.00. The van der Waals surface area contributed by atoms with E-state index >= 15 is 0 Å². The zero-order valence-corrected chi connectivity index (χ0v) is 8.80. The molecule has 0 aromatic heterocycles. The molecule has 2 nitrogen and oxygen atoms in total. The first kappa shape index (κ1) is 10.0. The van der Waals surface area contributed by atoms with Gasteiger partial charge in [-0.05, 0) is 33.7 Å². The van der Waals surface area contributed by atoms with Crippen molar-refractivity contribution in [2.24, 2.45) is 0 Å². The summed E-state index contributed by atoms with van der Waals surface area (Å²) in [5.41, 5.74) is 0. The summed E-state index contributed by atoms with van der Waals surface area (Å²) in [7, 11) is 2.07. The van der Waals surface area contributed by atoms with Gasteiger partial charge in [-0.15, -0.1) is 0 Å². The van der Waals surface area contributed by atoms with Gasteiger partial charge in [0.25, 0.3) is 0 Å². The second-order valence-electron chi connectivity index (χ2n) is 4.07. The number of hydrogen-bond donors (Lipinski definition) is 1. The molecule has 1 aliphatic rings. The lowest BCUT2D eigenvalue weighted by molar-refractivity contribution is 0.198. The molecule has 12 heavy (non-hydrogen) atoms. The topological polar surface area (TPSA) is 15.3 Å². The van der Waals surface area contributed by atoms with E-state index in [-0.39, 0.29) is 0 Å². The lowest BCUT2D eigenvalue weighted by Crippen LogP contribution is -2.36. The van der Waals surface area contributed by atoms with Gasteiger partial charge >= 0.3 is 0 Å². The van der Waals surface area contributed by atoms with Crippen LogP contribution in [-0.2, 0) is 0 Å². The normalized spacial score (nSPS) is 31.8. The molecule has 0 spiro atoms. The summed E-state index contributed by atoms with van der Waals surface area (Å²) < 4.78 is 0. The van der Waals surface area contributed by atoms with Crippen molar-refractivity contribution in [1.29, 1.82) is 0 Å². The van der Waals surface area contributed by atoms with Gasteiger partial charge in [0.1, 0.15) is 0 Å². The summed E-state index contributed by atoms with van der Waals surface area (Å²) in [6, 6.07) is 2.23. The molecular weight excluding hydrogens is 148 g/mol. The lowest BCUT2D eigenvalue weighted by atomic mass is 10.1. The van der Waals surface area contributed by atoms with Crippen molar-refractivity contribution >= 4 is 0 Å². The zero-order valence-electron chi connectivity index (χ0n) is 8.80. The highest BCUT2D eigenvalue weighted by molar-refractivity contribution is 4.89. The Morgan fingerprint density at radius 2 is 2.17 bits per heavy atom. The molecule has 0 radical (unpaired) electrons. The van der Waals surface area contributed by atoms with Gasteiger partial charge in [-0.2, -0.15) is 0 Å². The maximum Gasteiger partial charge on any atom is 0.0207 e. The second-order valence-corrected chi connectivity index (χ2v) is 4.07. The molecule has 0 amide bonds. The highest BCUT2D eigenvalue weighted by Crippen LogP contribution is 2.22. The number of nitrogens with one attached hydrogen (secondary N) is 1. The van der Waals surface area contributed by atoms with Crippen molar-refractivity contribution in [2.75, 3.05) is 13.6 Å². The SMILES string of the molecule is CC[C@@H]1C[C@H](NC)CN1C(C)C. The average Bonchev–Trinajstić information content (AvgIpc) is 2.47. The van der Waals surface area contributed by atoms with Crippen molar-refractivity contribution < 1.29 is 0 Å². The minimum absolute atomic E-state index is 0.702. The van der Waals surface area contributed by atoms with E-state index in [2.05, 4.69) is 38.0 Å². The van der Waals surface area contributed by atoms with E-state index in [1.54, 1.807) is 0 Å². The molecule has 0 saturated carbocycles. The third-order valence-corrected chi connectivity index (χ3v) is 3.00. The Balaban J connectivity index is 2.50. The lowest BCUT2D eigenvalue weighted by Gasteiger charge is -2.27. The number of likely N-dealkylation sites (tertiary alicyclic amines) is 1. The third kappa shape index (κ3) is 1.99. The van der Waals surface area contributed by atoms with Crippen molar-refractivity contribution in [1.82, 2.24) is 10.2 Å². The van der Waals surface area contributed by atoms with E-state index in [0.29, 0.717) is 6.04 Å². The van der Waals surface area contributed by atoms with Crippen LogP contribution in [-0.4, -0.2) is 36.6 Å². The molecule has 0 aromatic rings. The van der Waals surface area contributed by atoms with Crippen LogP contribution >= 0.6 is 0 Å². The first-order valence-electron chi connectivity index (χ1n) is 5.12. The van der Waals surface area contributed by atoms with Crippen molar-refractivity contribution in [2.45, 2.75) is 51.7 Å². The molecule has 1 N–H and O–H groups in total. The molecular formula is C10H22N2. The summed E-state index contributed by atoms with van der Waals surface area (Å²) in [6.07, 6.45) is 2.61. The summed E-state index contributed by atoms with van der Waals surface area (Å²) in [6.45, 7) is 8.10. The number of nitrogens with zero attached hydrogens (tertiary/aromatic N) is 1. The molecule has 2 atom stereocenters. The van der Waals surface area contributed by atoms with E-state index in [1.807, 2.05) is 0 Å². The molecule has 1 fully saturated rings. The van der Waals surface area contributed by atoms with Gasteiger partial charge in [0, 0.05) is 24.7 Å². The Bertz CT molecular complexity index is 134. The van der Waals surface area contributed by atoms with Gasteiger partial charge in [-0.25, -0.2) is 0 Å². The molecule has 72 valence electrons. The van der Waals surface area contributed by atoms with E-state index in [0.717, 1.165) is 12.1 Å². The molecule has 0 bridgehead atoms. The Hall–Kier alpha value is -0.0800. The van der Waals surface area contributed by atoms with Crippen LogP contribution in [0.3, 0.4) is 0 Å². The quantitative estimate of drug-likeness (QED) is 0.690. The van der Waals surface area contributed by atoms with Crippen molar-refractivity contribution in [3.8, 4) is 0 Å². The minimum atomic E-state index is 0.702. The second kappa shape index (κ2) is 4.24. The third-order valence-electron chi connectivity index (χ3n) is 3.00. The molecule has 0 aromatic carbocycles. The van der Waals surface area contributed by atoms with Gasteiger partial charge in [0.05, 0.1) is 0 Å². The summed E-state index contributed by atoms with van der Waals surface area (Å²) in [4.78, 5) is 2.61. The number of rotatable bonds is 3. The molecule has 1 saturated heterocycles. The zero-order chi connectivity index (χ0) is 9.14. The van der Waals surface area contributed by atoms with E-state index < -0.39 is 0 Å². The van der Waals surface area contributed by atoms with Crippen molar-refractivity contribution in [3.63, 3.8) is 0 Å². The van der Waals surface area contributed by atoms with Crippen LogP contribution < -0.4 is 5.32 Å². The van der Waals surface area contributed by atoms with Crippen LogP contribution in [0.4, 0.5) is 0 Å². The molecule has 0 unspecified atom stereocenters. The van der Waals surface area contributed by atoms with Crippen LogP contribution in [0.2, 0.25) is 0 Å². The maximum atomic E-state index is 3.37. The van der Waals surface area contributed by atoms with Gasteiger partial charge in [-0.1, -0.05) is 6.92 Å². The molecule has 2 heteroatoms. The number of hydrogen-bond acceptors (Lipinski definition) is 2. The summed E-state index contributed by atoms with van der Waals surface area (Å²) in [5, 5.41) is 3.37. The molecule has 0 aliphatic carbocycles. The largest absolute Gasteiger partial charge is 0.316 e. The Kier molecular flexibility index (Phi) is 3.53. The van der Waals surface area contributed by atoms with Gasteiger partial charge in [0.15, 0.2) is 0 Å². The van der Waals surface area contributed by atoms with Crippen LogP contribution in [0.25, 0.3) is 0 Å². The van der Waals surface area contributed by atoms with E-state index in [4.69, 9.17) is 0 Å². The Morgan fingerprint density at radius 1 is 1.50 bits per heavy atom. The Morgan fingerprint density at radius 3 is 2.50 bits per heavy atom. The first-order valence-corrected chi connectivity index (χ1v) is 5.12. The monoisotopic (exact) mass is 170 g/mol. The fourth-order valence-electron chi connectivity index (χ4n) is 2.18. The fourth-order valence-corrected chi connectivity index (χ4v) is 2.18. The standard InChI is InChI=1S/C10H22N2/c1-5-10-6-9(11-4)7-12(10)8(2)3/h8-11H,5-7H2,1-4H3/t9-,10+/m0/s1. The highest BCUT2D eigenvalue weighted by atomic mass is 15.2. The molecule has 1 rings (SSSR count). The smallest absolute Gasteiger partial charge is 0.0207 e. The van der Waals surface area contributed by atoms with Crippen molar-refractivity contribution in [3.05, 3.63) is 0 Å². The first-order chi connectivity index (χ1) is 5.69. The van der Waals surface area contributed by atoms with E-state index in [1.165, 1.54) is 19.4 Å². The van der Waals surface area contributed by atoms with E-state index in [9.17, 15) is 0 Å². The van der Waals surface area contributed by atoms with Crippen LogP contribution in [0.5, 0.6) is 0 Å². The molecule has 1 heterocycles. The maximum absolute atomic E-state index is 3.37. The molecule has 1 aliphatic heterocycles. The predicted octanol–water partition coefficient (Wildman–Crippen LogP) is 1.47. The van der Waals surface area contributed by atoms with Gasteiger partial charge in [0.2, 0.25) is 0 Å². The average molecular weight is 170 g/mol. The highest BCUT2D eigenvalue weighted by Gasteiger charge is 2.30. The minimum Gasteiger partial charge on any atom is -0.316 e. The summed E-state index contributed by atoms with van der Waals surface area (Å²) in [5.74, 6) is 0. The summed E-state index contributed by atoms with van der Waals surface area (Å²) >= 11 is 0.